The number of nitriles is 2. The van der Waals surface area contributed by atoms with Crippen molar-refractivity contribution in [3.05, 3.63) is 83.4 Å². The van der Waals surface area contributed by atoms with Gasteiger partial charge in [0.15, 0.2) is 0 Å². The van der Waals surface area contributed by atoms with Crippen molar-refractivity contribution in [3.63, 3.8) is 0 Å². The van der Waals surface area contributed by atoms with Crippen molar-refractivity contribution in [1.29, 1.82) is 10.5 Å². The van der Waals surface area contributed by atoms with Crippen molar-refractivity contribution in [2.24, 2.45) is 5.92 Å². The third kappa shape index (κ3) is 5.94. The summed E-state index contributed by atoms with van der Waals surface area (Å²) in [6, 6.07) is 22.9. The Hall–Kier alpha value is -4.29. The molecule has 1 fully saturated rings. The summed E-state index contributed by atoms with van der Waals surface area (Å²) in [5.41, 5.74) is 1.51. The van der Waals surface area contributed by atoms with Gasteiger partial charge in [-0.3, -0.25) is 4.79 Å². The molecule has 0 aromatic heterocycles. The smallest absolute Gasteiger partial charge is 0.251 e. The van der Waals surface area contributed by atoms with Crippen molar-refractivity contribution in [2.45, 2.75) is 38.6 Å². The van der Waals surface area contributed by atoms with Crippen LogP contribution in [0.3, 0.4) is 0 Å². The van der Waals surface area contributed by atoms with Gasteiger partial charge in [-0.2, -0.15) is 10.5 Å². The van der Waals surface area contributed by atoms with Crippen molar-refractivity contribution in [2.75, 3.05) is 0 Å². The van der Waals surface area contributed by atoms with Gasteiger partial charge in [0.2, 0.25) is 0 Å². The molecule has 3 aromatic rings. The lowest BCUT2D eigenvalue weighted by Gasteiger charge is -2.27. The Balaban J connectivity index is 1.58. The maximum absolute atomic E-state index is 13.1. The van der Waals surface area contributed by atoms with Gasteiger partial charge in [-0.05, 0) is 92.3 Å². The number of carbonyl (C=O) groups excluding carboxylic acids is 1. The molecule has 4 rings (SSSR count). The third-order valence-electron chi connectivity index (χ3n) is 5.93. The minimum Gasteiger partial charge on any atom is -0.457 e. The van der Waals surface area contributed by atoms with E-state index in [0.29, 0.717) is 45.6 Å². The van der Waals surface area contributed by atoms with Gasteiger partial charge in [-0.15, -0.1) is 0 Å². The zero-order valence-corrected chi connectivity index (χ0v) is 19.0. The summed E-state index contributed by atoms with van der Waals surface area (Å²) in [5, 5.41) is 21.2. The Kier molecular flexibility index (Phi) is 7.10. The summed E-state index contributed by atoms with van der Waals surface area (Å²) in [4.78, 5) is 13.1. The SMILES string of the molecule is CC1CCC(NC(=O)c2cc(Oc3ccc(C#N)cc3)cc(Oc3ccc(C#N)cc3)c2)CC1. The number of nitrogens with zero attached hydrogens (tertiary/aromatic N) is 2. The van der Waals surface area contributed by atoms with Gasteiger partial charge in [0.25, 0.3) is 5.91 Å². The van der Waals surface area contributed by atoms with Crippen LogP contribution in [0, 0.1) is 28.6 Å². The van der Waals surface area contributed by atoms with Gasteiger partial charge in [0.1, 0.15) is 23.0 Å². The summed E-state index contributed by atoms with van der Waals surface area (Å²) in [6.45, 7) is 2.24. The molecule has 1 aliphatic rings. The summed E-state index contributed by atoms with van der Waals surface area (Å²) in [6.07, 6.45) is 4.17. The molecule has 0 heterocycles. The predicted molar refractivity (Wildman–Crippen MR) is 128 cm³/mol. The highest BCUT2D eigenvalue weighted by Crippen LogP contribution is 2.31. The maximum Gasteiger partial charge on any atom is 0.251 e. The highest BCUT2D eigenvalue weighted by Gasteiger charge is 2.21. The number of hydrogen-bond donors (Lipinski definition) is 1. The van der Waals surface area contributed by atoms with E-state index < -0.39 is 0 Å². The molecule has 0 unspecified atom stereocenters. The third-order valence-corrected chi connectivity index (χ3v) is 5.93. The summed E-state index contributed by atoms with van der Waals surface area (Å²) < 4.78 is 12.0. The largest absolute Gasteiger partial charge is 0.457 e. The van der Waals surface area contributed by atoms with E-state index in [1.54, 1.807) is 66.7 Å². The van der Waals surface area contributed by atoms with E-state index in [9.17, 15) is 4.79 Å². The highest BCUT2D eigenvalue weighted by atomic mass is 16.5. The Morgan fingerprint density at radius 2 is 1.24 bits per heavy atom. The van der Waals surface area contributed by atoms with Crippen LogP contribution in [-0.2, 0) is 0 Å². The van der Waals surface area contributed by atoms with Crippen LogP contribution in [0.2, 0.25) is 0 Å². The average molecular weight is 452 g/mol. The molecular formula is C28H25N3O3. The second-order valence-electron chi connectivity index (χ2n) is 8.60. The van der Waals surface area contributed by atoms with Crippen LogP contribution in [0.5, 0.6) is 23.0 Å². The first kappa shape index (κ1) is 22.9. The molecule has 0 radical (unpaired) electrons. The fourth-order valence-electron chi connectivity index (χ4n) is 3.96. The lowest BCUT2D eigenvalue weighted by molar-refractivity contribution is 0.0922. The van der Waals surface area contributed by atoms with Crippen LogP contribution in [0.15, 0.2) is 66.7 Å². The molecule has 1 amide bonds. The van der Waals surface area contributed by atoms with Crippen LogP contribution in [0.25, 0.3) is 0 Å². The van der Waals surface area contributed by atoms with Gasteiger partial charge < -0.3 is 14.8 Å². The highest BCUT2D eigenvalue weighted by molar-refractivity contribution is 5.95. The normalized spacial score (nSPS) is 17.1. The number of benzene rings is 3. The monoisotopic (exact) mass is 451 g/mol. The molecule has 1 saturated carbocycles. The molecule has 34 heavy (non-hydrogen) atoms. The maximum atomic E-state index is 13.1. The average Bonchev–Trinajstić information content (AvgIpc) is 2.86. The number of carbonyl (C=O) groups is 1. The van der Waals surface area contributed by atoms with Crippen LogP contribution in [0.4, 0.5) is 0 Å². The van der Waals surface area contributed by atoms with E-state index in [2.05, 4.69) is 24.4 Å². The topological polar surface area (TPSA) is 95.1 Å². The van der Waals surface area contributed by atoms with Gasteiger partial charge >= 0.3 is 0 Å². The van der Waals surface area contributed by atoms with Gasteiger partial charge in [-0.1, -0.05) is 6.92 Å². The lowest BCUT2D eigenvalue weighted by atomic mass is 9.87. The molecule has 1 N–H and O–H groups in total. The van der Waals surface area contributed by atoms with E-state index in [-0.39, 0.29) is 11.9 Å². The molecule has 6 nitrogen and oxygen atoms in total. The van der Waals surface area contributed by atoms with Gasteiger partial charge in [0.05, 0.1) is 23.3 Å². The Morgan fingerprint density at radius 3 is 1.68 bits per heavy atom. The Bertz CT molecular complexity index is 1150. The minimum absolute atomic E-state index is 0.162. The molecular weight excluding hydrogens is 426 g/mol. The lowest BCUT2D eigenvalue weighted by Crippen LogP contribution is -2.37. The number of ether oxygens (including phenoxy) is 2. The molecule has 0 spiro atoms. The molecule has 0 saturated heterocycles. The van der Waals surface area contributed by atoms with Crippen molar-refractivity contribution in [3.8, 4) is 35.1 Å². The fraction of sp³-hybridized carbons (Fsp3) is 0.250. The van der Waals surface area contributed by atoms with E-state index in [0.717, 1.165) is 25.7 Å². The van der Waals surface area contributed by atoms with E-state index in [4.69, 9.17) is 20.0 Å². The van der Waals surface area contributed by atoms with Crippen LogP contribution in [-0.4, -0.2) is 11.9 Å². The molecule has 0 aliphatic heterocycles. The van der Waals surface area contributed by atoms with Crippen molar-refractivity contribution < 1.29 is 14.3 Å². The van der Waals surface area contributed by atoms with Crippen LogP contribution in [0.1, 0.15) is 54.1 Å². The van der Waals surface area contributed by atoms with Crippen LogP contribution < -0.4 is 14.8 Å². The molecule has 3 aromatic carbocycles. The van der Waals surface area contributed by atoms with Gasteiger partial charge in [-0.25, -0.2) is 0 Å². The van der Waals surface area contributed by atoms with Crippen molar-refractivity contribution >= 4 is 5.91 Å². The molecule has 170 valence electrons. The quantitative estimate of drug-likeness (QED) is 0.473. The summed E-state index contributed by atoms with van der Waals surface area (Å²) >= 11 is 0. The second kappa shape index (κ2) is 10.6. The first-order valence-electron chi connectivity index (χ1n) is 11.3. The number of rotatable bonds is 6. The van der Waals surface area contributed by atoms with Crippen LogP contribution >= 0.6 is 0 Å². The zero-order chi connectivity index (χ0) is 23.9. The predicted octanol–water partition coefficient (Wildman–Crippen LogP) is 6.32. The molecule has 0 atom stereocenters. The van der Waals surface area contributed by atoms with Crippen molar-refractivity contribution in [1.82, 2.24) is 5.32 Å². The standard InChI is InChI=1S/C28H25N3O3/c1-19-2-8-23(9-3-19)31-28(32)22-14-26(33-24-10-4-20(17-29)5-11-24)16-27(15-22)34-25-12-6-21(18-30)7-13-25/h4-7,10-16,19,23H,2-3,8-9H2,1H3,(H,31,32). The minimum atomic E-state index is -0.172. The van der Waals surface area contributed by atoms with E-state index in [1.165, 1.54) is 0 Å². The Morgan fingerprint density at radius 1 is 0.765 bits per heavy atom. The Labute approximate surface area is 199 Å². The molecule has 1 aliphatic carbocycles. The fourth-order valence-corrected chi connectivity index (χ4v) is 3.96. The van der Waals surface area contributed by atoms with E-state index in [1.807, 2.05) is 0 Å². The molecule has 6 heteroatoms. The number of hydrogen-bond acceptors (Lipinski definition) is 5. The van der Waals surface area contributed by atoms with E-state index >= 15 is 0 Å². The second-order valence-corrected chi connectivity index (χ2v) is 8.60. The number of nitrogens with one attached hydrogen (secondary N) is 1. The van der Waals surface area contributed by atoms with Gasteiger partial charge in [0, 0.05) is 17.7 Å². The first-order valence-corrected chi connectivity index (χ1v) is 11.3. The molecule has 0 bridgehead atoms. The summed E-state index contributed by atoms with van der Waals surface area (Å²) in [5.74, 6) is 2.50. The zero-order valence-electron chi connectivity index (χ0n) is 19.0. The number of amides is 1. The first-order chi connectivity index (χ1) is 16.5. The summed E-state index contributed by atoms with van der Waals surface area (Å²) in [7, 11) is 0.